The number of rotatable bonds is 11. The molecule has 1 aromatic carbocycles. The van der Waals surface area contributed by atoms with Gasteiger partial charge in [0.05, 0.1) is 18.5 Å². The number of benzene rings is 1. The molecule has 0 spiro atoms. The van der Waals surface area contributed by atoms with E-state index in [1.807, 2.05) is 20.1 Å². The number of ketones is 1. The third-order valence-corrected chi connectivity index (χ3v) is 5.57. The van der Waals surface area contributed by atoms with E-state index in [2.05, 4.69) is 5.32 Å². The molecule has 10 heteroatoms. The Morgan fingerprint density at radius 2 is 1.94 bits per heavy atom. The summed E-state index contributed by atoms with van der Waals surface area (Å²) in [7, 11) is 0. The third-order valence-electron chi connectivity index (χ3n) is 4.92. The fraction of sp³-hybridized carbons (Fsp3) is 0.455. The number of carbonyl (C=O) groups excluding carboxylic acids is 2. The summed E-state index contributed by atoms with van der Waals surface area (Å²) in [4.78, 5) is 50.3. The third kappa shape index (κ3) is 6.33. The van der Waals surface area contributed by atoms with Crippen LogP contribution in [-0.2, 0) is 16.0 Å². The molecule has 32 heavy (non-hydrogen) atoms. The first-order chi connectivity index (χ1) is 15.0. The van der Waals surface area contributed by atoms with E-state index in [1.54, 1.807) is 11.8 Å². The molecule has 1 aromatic heterocycles. The van der Waals surface area contributed by atoms with Crippen LogP contribution in [0.4, 0.5) is 5.69 Å². The van der Waals surface area contributed by atoms with Crippen LogP contribution in [0.15, 0.2) is 27.4 Å². The van der Waals surface area contributed by atoms with Gasteiger partial charge in [-0.25, -0.2) is 4.79 Å². The molecule has 0 aliphatic carbocycles. The highest BCUT2D eigenvalue weighted by atomic mass is 32.2. The number of anilines is 1. The van der Waals surface area contributed by atoms with Gasteiger partial charge in [0.25, 0.3) is 0 Å². The number of hydrogen-bond acceptors (Lipinski definition) is 8. The lowest BCUT2D eigenvalue weighted by molar-refractivity contribution is -0.136. The van der Waals surface area contributed by atoms with Crippen molar-refractivity contribution in [1.82, 2.24) is 5.32 Å². The summed E-state index contributed by atoms with van der Waals surface area (Å²) < 4.78 is 5.29. The summed E-state index contributed by atoms with van der Waals surface area (Å²) in [5.41, 5.74) is 10.8. The number of nitrogens with one attached hydrogen (secondary N) is 1. The minimum absolute atomic E-state index is 0.00175. The van der Waals surface area contributed by atoms with Crippen LogP contribution in [0.25, 0.3) is 11.0 Å². The summed E-state index contributed by atoms with van der Waals surface area (Å²) in [6, 6.07) is 2.58. The Labute approximate surface area is 189 Å². The zero-order valence-electron chi connectivity index (χ0n) is 18.3. The van der Waals surface area contributed by atoms with Crippen molar-refractivity contribution < 1.29 is 23.9 Å². The second-order valence-electron chi connectivity index (χ2n) is 8.01. The molecule has 6 N–H and O–H groups in total. The van der Waals surface area contributed by atoms with Gasteiger partial charge in [-0.05, 0) is 48.5 Å². The van der Waals surface area contributed by atoms with Gasteiger partial charge >= 0.3 is 11.6 Å². The number of fused-ring (bicyclic) bond motifs is 1. The van der Waals surface area contributed by atoms with Gasteiger partial charge in [0.1, 0.15) is 11.1 Å². The van der Waals surface area contributed by atoms with Crippen molar-refractivity contribution in [1.29, 1.82) is 0 Å². The second kappa shape index (κ2) is 11.1. The van der Waals surface area contributed by atoms with Crippen LogP contribution in [-0.4, -0.2) is 46.9 Å². The van der Waals surface area contributed by atoms with Gasteiger partial charge in [0.2, 0.25) is 5.91 Å². The first kappa shape index (κ1) is 25.4. The molecule has 0 radical (unpaired) electrons. The van der Waals surface area contributed by atoms with Crippen LogP contribution in [0.3, 0.4) is 0 Å². The number of nitrogens with two attached hydrogens (primary N) is 2. The van der Waals surface area contributed by atoms with E-state index in [0.29, 0.717) is 23.2 Å². The molecule has 2 rings (SSSR count). The van der Waals surface area contributed by atoms with Gasteiger partial charge in [-0.1, -0.05) is 13.8 Å². The van der Waals surface area contributed by atoms with E-state index in [-0.39, 0.29) is 29.0 Å². The van der Waals surface area contributed by atoms with Crippen molar-refractivity contribution in [3.05, 3.63) is 39.7 Å². The van der Waals surface area contributed by atoms with Crippen LogP contribution in [0.5, 0.6) is 0 Å². The number of carboxylic acids is 1. The summed E-state index contributed by atoms with van der Waals surface area (Å²) in [5.74, 6) is -1.74. The van der Waals surface area contributed by atoms with E-state index in [4.69, 9.17) is 15.9 Å². The SMILES string of the molecule is CSCC[C@H](N)C(=O)N[C@@H](CC(C)C)C(=O)c1c(CC(=O)O)c2ccc(N)cc2oc1=O. The lowest BCUT2D eigenvalue weighted by Gasteiger charge is -2.22. The van der Waals surface area contributed by atoms with E-state index >= 15 is 0 Å². The molecule has 174 valence electrons. The van der Waals surface area contributed by atoms with Crippen molar-refractivity contribution in [2.45, 2.75) is 45.2 Å². The average molecular weight is 464 g/mol. The Bertz CT molecular complexity index is 1070. The number of carbonyl (C=O) groups is 3. The maximum atomic E-state index is 13.4. The predicted octanol–water partition coefficient (Wildman–Crippen LogP) is 1.80. The summed E-state index contributed by atoms with van der Waals surface area (Å²) in [6.45, 7) is 3.73. The zero-order valence-corrected chi connectivity index (χ0v) is 19.2. The second-order valence-corrected chi connectivity index (χ2v) is 9.00. The van der Waals surface area contributed by atoms with Gasteiger partial charge in [0, 0.05) is 17.1 Å². The minimum atomic E-state index is -1.22. The molecule has 0 bridgehead atoms. The Morgan fingerprint density at radius 1 is 1.25 bits per heavy atom. The van der Waals surface area contributed by atoms with Gasteiger partial charge < -0.3 is 26.3 Å². The van der Waals surface area contributed by atoms with Gasteiger partial charge in [-0.2, -0.15) is 11.8 Å². The quantitative estimate of drug-likeness (QED) is 0.221. The molecule has 0 saturated carbocycles. The van der Waals surface area contributed by atoms with Crippen molar-refractivity contribution in [2.24, 2.45) is 11.7 Å². The molecule has 0 aliphatic rings. The molecular weight excluding hydrogens is 434 g/mol. The number of aliphatic carboxylic acids is 1. The van der Waals surface area contributed by atoms with E-state index in [9.17, 15) is 24.3 Å². The molecule has 0 fully saturated rings. The van der Waals surface area contributed by atoms with Gasteiger partial charge in [-0.15, -0.1) is 0 Å². The predicted molar refractivity (Wildman–Crippen MR) is 125 cm³/mol. The monoisotopic (exact) mass is 463 g/mol. The average Bonchev–Trinajstić information content (AvgIpc) is 2.69. The molecule has 2 atom stereocenters. The molecule has 1 amide bonds. The molecule has 1 heterocycles. The molecule has 0 saturated heterocycles. The molecule has 0 aliphatic heterocycles. The summed E-state index contributed by atoms with van der Waals surface area (Å²) in [5, 5.41) is 12.4. The molecule has 0 unspecified atom stereocenters. The molecule has 2 aromatic rings. The number of hydrogen-bond donors (Lipinski definition) is 4. The number of thioether (sulfide) groups is 1. The highest BCUT2D eigenvalue weighted by Gasteiger charge is 2.31. The fourth-order valence-electron chi connectivity index (χ4n) is 3.40. The van der Waals surface area contributed by atoms with Crippen LogP contribution in [0.1, 0.15) is 42.6 Å². The van der Waals surface area contributed by atoms with Crippen LogP contribution >= 0.6 is 11.8 Å². The summed E-state index contributed by atoms with van der Waals surface area (Å²) in [6.07, 6.45) is 2.00. The van der Waals surface area contributed by atoms with Crippen molar-refractivity contribution in [3.63, 3.8) is 0 Å². The lowest BCUT2D eigenvalue weighted by Crippen LogP contribution is -2.50. The lowest BCUT2D eigenvalue weighted by atomic mass is 9.91. The highest BCUT2D eigenvalue weighted by Crippen LogP contribution is 2.25. The Hall–Kier alpha value is -2.85. The number of carboxylic acid groups (broad SMARTS) is 1. The summed E-state index contributed by atoms with van der Waals surface area (Å²) >= 11 is 1.55. The molecule has 9 nitrogen and oxygen atoms in total. The first-order valence-corrected chi connectivity index (χ1v) is 11.6. The fourth-order valence-corrected chi connectivity index (χ4v) is 3.89. The van der Waals surface area contributed by atoms with E-state index in [0.717, 1.165) is 0 Å². The highest BCUT2D eigenvalue weighted by molar-refractivity contribution is 7.98. The smallest absolute Gasteiger partial charge is 0.347 e. The number of nitrogen functional groups attached to an aromatic ring is 1. The Kier molecular flexibility index (Phi) is 8.85. The topological polar surface area (TPSA) is 166 Å². The van der Waals surface area contributed by atoms with Crippen LogP contribution < -0.4 is 22.4 Å². The van der Waals surface area contributed by atoms with Crippen molar-refractivity contribution in [3.8, 4) is 0 Å². The normalized spacial score (nSPS) is 13.2. The van der Waals surface area contributed by atoms with Gasteiger partial charge in [-0.3, -0.25) is 14.4 Å². The zero-order chi connectivity index (χ0) is 24.0. The molecular formula is C22H29N3O6S. The minimum Gasteiger partial charge on any atom is -0.481 e. The van der Waals surface area contributed by atoms with E-state index in [1.165, 1.54) is 18.2 Å². The van der Waals surface area contributed by atoms with Crippen LogP contribution in [0.2, 0.25) is 0 Å². The van der Waals surface area contributed by atoms with Crippen molar-refractivity contribution in [2.75, 3.05) is 17.7 Å². The number of Topliss-reactive ketones (excluding diaryl/α,β-unsaturated/α-hetero) is 1. The van der Waals surface area contributed by atoms with Crippen molar-refractivity contribution >= 4 is 46.1 Å². The van der Waals surface area contributed by atoms with Crippen LogP contribution in [0, 0.1) is 5.92 Å². The van der Waals surface area contributed by atoms with Gasteiger partial charge in [0.15, 0.2) is 5.78 Å². The standard InChI is InChI=1S/C22H29N3O6S/c1-11(2)8-16(25-21(29)15(24)6-7-32-3)20(28)19-14(10-18(26)27)13-5-4-12(23)9-17(13)31-22(19)30/h4-5,9,11,15-16H,6-8,10,23-24H2,1-3H3,(H,25,29)(H,26,27)/t15-,16-/m0/s1. The number of amides is 1. The van der Waals surface area contributed by atoms with E-state index < -0.39 is 41.8 Å². The Morgan fingerprint density at radius 3 is 2.53 bits per heavy atom. The maximum absolute atomic E-state index is 13.4. The largest absolute Gasteiger partial charge is 0.481 e. The Balaban J connectivity index is 2.54. The maximum Gasteiger partial charge on any atom is 0.347 e. The first-order valence-electron chi connectivity index (χ1n) is 10.2.